The Morgan fingerprint density at radius 2 is 2.24 bits per heavy atom. The lowest BCUT2D eigenvalue weighted by molar-refractivity contribution is -0.132. The van der Waals surface area contributed by atoms with Crippen LogP contribution in [-0.2, 0) is 21.4 Å². The molecule has 0 aromatic carbocycles. The van der Waals surface area contributed by atoms with Gasteiger partial charge >= 0.3 is 0 Å². The summed E-state index contributed by atoms with van der Waals surface area (Å²) >= 11 is 1.21. The highest BCUT2D eigenvalue weighted by molar-refractivity contribution is 7.94. The monoisotopic (exact) mass is 276 g/mol. The van der Waals surface area contributed by atoms with Gasteiger partial charge in [-0.05, 0) is 13.8 Å². The summed E-state index contributed by atoms with van der Waals surface area (Å²) < 4.78 is 23.2. The maximum atomic E-state index is 11.8. The number of hydrogen-bond acceptors (Lipinski definition) is 7. The van der Waals surface area contributed by atoms with Crippen molar-refractivity contribution >= 4 is 32.4 Å². The Kier molecular flexibility index (Phi) is 2.64. The molecule has 94 valence electrons. The molecule has 7 nitrogen and oxygen atoms in total. The van der Waals surface area contributed by atoms with Crippen LogP contribution in [0.15, 0.2) is 6.20 Å². The lowest BCUT2D eigenvalue weighted by atomic mass is 10.2. The van der Waals surface area contributed by atoms with Gasteiger partial charge < -0.3 is 0 Å². The second-order valence-corrected chi connectivity index (χ2v) is 7.63. The van der Waals surface area contributed by atoms with Crippen LogP contribution >= 0.6 is 11.3 Å². The maximum Gasteiger partial charge on any atom is 0.259 e. The van der Waals surface area contributed by atoms with Crippen LogP contribution in [0.2, 0.25) is 0 Å². The Labute approximate surface area is 103 Å². The van der Waals surface area contributed by atoms with Crippen molar-refractivity contribution < 1.29 is 13.2 Å². The Hall–Kier alpha value is -1.19. The molecule has 1 aliphatic rings. The maximum absolute atomic E-state index is 11.8. The molecule has 9 heteroatoms. The Balaban J connectivity index is 2.19. The van der Waals surface area contributed by atoms with E-state index in [4.69, 9.17) is 5.84 Å². The van der Waals surface area contributed by atoms with Crippen molar-refractivity contribution in [2.75, 3.05) is 5.43 Å². The summed E-state index contributed by atoms with van der Waals surface area (Å²) in [7, 11) is -3.53. The fourth-order valence-corrected chi connectivity index (χ4v) is 3.80. The van der Waals surface area contributed by atoms with Gasteiger partial charge in [0.15, 0.2) is 9.88 Å². The number of thiazole rings is 1. The predicted octanol–water partition coefficient (Wildman–Crippen LogP) is -0.121. The quantitative estimate of drug-likeness (QED) is 0.589. The van der Waals surface area contributed by atoms with Gasteiger partial charge in [-0.25, -0.2) is 23.5 Å². The van der Waals surface area contributed by atoms with E-state index in [-0.39, 0.29) is 6.54 Å². The zero-order valence-electron chi connectivity index (χ0n) is 9.30. The number of nitrogens with zero attached hydrogens (tertiary/aromatic N) is 2. The van der Waals surface area contributed by atoms with E-state index in [1.54, 1.807) is 0 Å². The number of amides is 1. The number of carbonyl (C=O) groups excluding carboxylic acids is 1. The van der Waals surface area contributed by atoms with E-state index in [9.17, 15) is 13.2 Å². The first kappa shape index (κ1) is 12.3. The zero-order valence-corrected chi connectivity index (χ0v) is 10.9. The topological polar surface area (TPSA) is 105 Å². The standard InChI is InChI=1S/C8H12N4O3S2/c1-8(2)6(13)12(17(8,14)15)4-5-3-10-7(11-9)16-5/h3H,4,9H2,1-2H3,(H,10,11). The minimum atomic E-state index is -3.53. The first-order valence-electron chi connectivity index (χ1n) is 4.78. The zero-order chi connectivity index (χ0) is 12.8. The van der Waals surface area contributed by atoms with Crippen LogP contribution in [0.4, 0.5) is 5.13 Å². The smallest absolute Gasteiger partial charge is 0.259 e. The van der Waals surface area contributed by atoms with Crippen molar-refractivity contribution in [2.45, 2.75) is 25.1 Å². The second kappa shape index (κ2) is 3.65. The lowest BCUT2D eigenvalue weighted by Gasteiger charge is -2.42. The van der Waals surface area contributed by atoms with E-state index in [2.05, 4.69) is 10.4 Å². The molecule has 2 heterocycles. The third kappa shape index (κ3) is 1.61. The number of nitrogens with two attached hydrogens (primary N) is 1. The molecule has 2 rings (SSSR count). The van der Waals surface area contributed by atoms with Crippen LogP contribution in [0.5, 0.6) is 0 Å². The van der Waals surface area contributed by atoms with Crippen LogP contribution < -0.4 is 11.3 Å². The minimum absolute atomic E-state index is 0.0178. The Morgan fingerprint density at radius 1 is 1.59 bits per heavy atom. The van der Waals surface area contributed by atoms with E-state index in [0.717, 1.165) is 4.31 Å². The molecule has 0 unspecified atom stereocenters. The second-order valence-electron chi connectivity index (χ2n) is 4.10. The summed E-state index contributed by atoms with van der Waals surface area (Å²) in [5.41, 5.74) is 2.36. The molecule has 1 amide bonds. The van der Waals surface area contributed by atoms with Crippen molar-refractivity contribution in [2.24, 2.45) is 5.84 Å². The molecule has 1 fully saturated rings. The summed E-state index contributed by atoms with van der Waals surface area (Å²) in [5.74, 6) is 4.77. The summed E-state index contributed by atoms with van der Waals surface area (Å²) in [4.78, 5) is 16.2. The van der Waals surface area contributed by atoms with Crippen molar-refractivity contribution in [1.29, 1.82) is 0 Å². The first-order chi connectivity index (χ1) is 7.80. The molecule has 3 N–H and O–H groups in total. The normalized spacial score (nSPS) is 21.1. The van der Waals surface area contributed by atoms with Gasteiger partial charge in [0, 0.05) is 11.1 Å². The van der Waals surface area contributed by atoms with E-state index >= 15 is 0 Å². The van der Waals surface area contributed by atoms with Gasteiger partial charge in [0.05, 0.1) is 6.54 Å². The average Bonchev–Trinajstić information content (AvgIpc) is 2.72. The van der Waals surface area contributed by atoms with E-state index in [0.29, 0.717) is 10.0 Å². The van der Waals surface area contributed by atoms with Gasteiger partial charge in [0.25, 0.3) is 15.9 Å². The summed E-state index contributed by atoms with van der Waals surface area (Å²) in [6.45, 7) is 2.82. The molecule has 0 spiro atoms. The molecule has 0 radical (unpaired) electrons. The molecular weight excluding hydrogens is 264 g/mol. The fraction of sp³-hybridized carbons (Fsp3) is 0.500. The molecule has 17 heavy (non-hydrogen) atoms. The Bertz CT molecular complexity index is 563. The predicted molar refractivity (Wildman–Crippen MR) is 63.5 cm³/mol. The SMILES string of the molecule is CC1(C)C(=O)N(Cc2cnc(NN)s2)S1(=O)=O. The highest BCUT2D eigenvalue weighted by atomic mass is 32.2. The number of aromatic nitrogens is 1. The molecular formula is C8H12N4O3S2. The number of nitrogen functional groups attached to an aromatic ring is 1. The van der Waals surface area contributed by atoms with Crippen LogP contribution in [-0.4, -0.2) is 28.4 Å². The molecule has 1 saturated heterocycles. The number of carbonyl (C=O) groups is 1. The van der Waals surface area contributed by atoms with E-state index in [1.165, 1.54) is 31.4 Å². The van der Waals surface area contributed by atoms with E-state index < -0.39 is 20.7 Å². The number of rotatable bonds is 3. The molecule has 0 aliphatic carbocycles. The third-order valence-electron chi connectivity index (χ3n) is 2.65. The summed E-state index contributed by atoms with van der Waals surface area (Å²) in [6.07, 6.45) is 1.49. The minimum Gasteiger partial charge on any atom is -0.300 e. The number of hydrogen-bond donors (Lipinski definition) is 2. The fourth-order valence-electron chi connectivity index (χ4n) is 1.50. The van der Waals surface area contributed by atoms with Gasteiger partial charge in [-0.2, -0.15) is 0 Å². The van der Waals surface area contributed by atoms with Crippen LogP contribution in [0, 0.1) is 0 Å². The molecule has 1 aromatic heterocycles. The van der Waals surface area contributed by atoms with Crippen molar-refractivity contribution in [1.82, 2.24) is 9.29 Å². The van der Waals surface area contributed by atoms with Gasteiger partial charge in [-0.3, -0.25) is 10.2 Å². The third-order valence-corrected chi connectivity index (χ3v) is 5.91. The lowest BCUT2D eigenvalue weighted by Crippen LogP contribution is -2.66. The van der Waals surface area contributed by atoms with Crippen LogP contribution in [0.1, 0.15) is 18.7 Å². The van der Waals surface area contributed by atoms with Crippen molar-refractivity contribution in [3.8, 4) is 0 Å². The number of nitrogens with one attached hydrogen (secondary N) is 1. The van der Waals surface area contributed by atoms with Gasteiger partial charge in [-0.1, -0.05) is 11.3 Å². The first-order valence-corrected chi connectivity index (χ1v) is 7.04. The summed E-state index contributed by atoms with van der Waals surface area (Å²) in [5, 5.41) is 0.477. The number of hydrazine groups is 1. The molecule has 1 aromatic rings. The molecule has 0 bridgehead atoms. The highest BCUT2D eigenvalue weighted by Gasteiger charge is 2.60. The number of sulfonamides is 1. The largest absolute Gasteiger partial charge is 0.300 e. The number of anilines is 1. The van der Waals surface area contributed by atoms with Gasteiger partial charge in [0.1, 0.15) is 0 Å². The average molecular weight is 276 g/mol. The summed E-state index contributed by atoms with van der Waals surface area (Å²) in [6, 6.07) is 0. The van der Waals surface area contributed by atoms with Crippen molar-refractivity contribution in [3.05, 3.63) is 11.1 Å². The van der Waals surface area contributed by atoms with Crippen molar-refractivity contribution in [3.63, 3.8) is 0 Å². The van der Waals surface area contributed by atoms with Gasteiger partial charge in [0.2, 0.25) is 0 Å². The van der Waals surface area contributed by atoms with Crippen LogP contribution in [0.3, 0.4) is 0 Å². The Morgan fingerprint density at radius 3 is 2.71 bits per heavy atom. The molecule has 0 atom stereocenters. The van der Waals surface area contributed by atoms with Gasteiger partial charge in [-0.15, -0.1) is 0 Å². The highest BCUT2D eigenvalue weighted by Crippen LogP contribution is 2.36. The van der Waals surface area contributed by atoms with E-state index in [1.807, 2.05) is 0 Å². The van der Waals surface area contributed by atoms with Crippen LogP contribution in [0.25, 0.3) is 0 Å². The molecule has 1 aliphatic heterocycles. The molecule has 0 saturated carbocycles.